The van der Waals surface area contributed by atoms with Crippen LogP contribution in [-0.4, -0.2) is 21.4 Å². The summed E-state index contributed by atoms with van der Waals surface area (Å²) in [5, 5.41) is 6.51. The van der Waals surface area contributed by atoms with E-state index in [1.54, 1.807) is 24.3 Å². The Balaban J connectivity index is 2.04. The molecule has 1 amide bonds. The van der Waals surface area contributed by atoms with Crippen molar-refractivity contribution in [2.45, 2.75) is 26.3 Å². The summed E-state index contributed by atoms with van der Waals surface area (Å²) < 4.78 is 0. The van der Waals surface area contributed by atoms with Crippen LogP contribution in [0.15, 0.2) is 36.7 Å². The minimum atomic E-state index is -0.264. The van der Waals surface area contributed by atoms with Gasteiger partial charge in [0.25, 0.3) is 5.91 Å². The average molecular weight is 305 g/mol. The summed E-state index contributed by atoms with van der Waals surface area (Å²) in [5.74, 6) is 0.227. The van der Waals surface area contributed by atoms with Crippen LogP contribution < -0.4 is 10.6 Å². The number of anilines is 2. The maximum atomic E-state index is 12.1. The van der Waals surface area contributed by atoms with Gasteiger partial charge in [-0.15, -0.1) is 0 Å². The average Bonchev–Trinajstić information content (AvgIpc) is 2.40. The quantitative estimate of drug-likeness (QED) is 0.909. The molecule has 6 heteroatoms. The van der Waals surface area contributed by atoms with E-state index >= 15 is 0 Å². The fraction of sp³-hybridized carbons (Fsp3) is 0.267. The van der Waals surface area contributed by atoms with Crippen molar-refractivity contribution in [1.82, 2.24) is 9.97 Å². The van der Waals surface area contributed by atoms with Crippen molar-refractivity contribution in [3.8, 4) is 0 Å². The number of benzene rings is 1. The van der Waals surface area contributed by atoms with Gasteiger partial charge in [0.15, 0.2) is 0 Å². The lowest BCUT2D eigenvalue weighted by molar-refractivity contribution is 0.102. The summed E-state index contributed by atoms with van der Waals surface area (Å²) in [4.78, 5) is 20.3. The Bertz CT molecular complexity index is 618. The molecule has 0 fully saturated rings. The minimum Gasteiger partial charge on any atom is -0.350 e. The SMILES string of the molecule is CC(C)(C)Nc1ncc(C(=O)Nc2ccc(Cl)cc2)cn1. The molecular formula is C15H17ClN4O. The van der Waals surface area contributed by atoms with Gasteiger partial charge in [0, 0.05) is 28.6 Å². The van der Waals surface area contributed by atoms with Gasteiger partial charge in [0.05, 0.1) is 5.56 Å². The van der Waals surface area contributed by atoms with E-state index in [1.807, 2.05) is 20.8 Å². The Morgan fingerprint density at radius 1 is 1.10 bits per heavy atom. The van der Waals surface area contributed by atoms with E-state index in [0.717, 1.165) is 0 Å². The first-order valence-corrected chi connectivity index (χ1v) is 6.88. The van der Waals surface area contributed by atoms with Crippen molar-refractivity contribution in [2.24, 2.45) is 0 Å². The second-order valence-corrected chi connectivity index (χ2v) is 6.07. The van der Waals surface area contributed by atoms with E-state index in [9.17, 15) is 4.79 Å². The summed E-state index contributed by atoms with van der Waals surface area (Å²) in [5.41, 5.74) is 0.929. The van der Waals surface area contributed by atoms with E-state index in [-0.39, 0.29) is 11.4 Å². The zero-order valence-corrected chi connectivity index (χ0v) is 12.9. The van der Waals surface area contributed by atoms with E-state index in [2.05, 4.69) is 20.6 Å². The lowest BCUT2D eigenvalue weighted by Crippen LogP contribution is -2.27. The van der Waals surface area contributed by atoms with Gasteiger partial charge >= 0.3 is 0 Å². The molecule has 2 aromatic rings. The van der Waals surface area contributed by atoms with Crippen LogP contribution in [0.5, 0.6) is 0 Å². The molecule has 1 aromatic carbocycles. The Kier molecular flexibility index (Phi) is 4.43. The number of rotatable bonds is 3. The van der Waals surface area contributed by atoms with Crippen LogP contribution in [0.3, 0.4) is 0 Å². The summed E-state index contributed by atoms with van der Waals surface area (Å²) in [6.07, 6.45) is 2.98. The van der Waals surface area contributed by atoms with Crippen molar-refractivity contribution in [2.75, 3.05) is 10.6 Å². The fourth-order valence-electron chi connectivity index (χ4n) is 1.58. The van der Waals surface area contributed by atoms with Gasteiger partial charge in [-0.05, 0) is 45.0 Å². The molecule has 1 heterocycles. The first-order valence-electron chi connectivity index (χ1n) is 6.51. The van der Waals surface area contributed by atoms with Crippen LogP contribution in [0, 0.1) is 0 Å². The third-order valence-electron chi connectivity index (χ3n) is 2.50. The molecule has 0 radical (unpaired) electrons. The van der Waals surface area contributed by atoms with E-state index in [0.29, 0.717) is 22.2 Å². The smallest absolute Gasteiger partial charge is 0.258 e. The molecule has 0 saturated carbocycles. The molecule has 21 heavy (non-hydrogen) atoms. The number of aromatic nitrogens is 2. The number of hydrogen-bond donors (Lipinski definition) is 2. The molecule has 5 nitrogen and oxygen atoms in total. The monoisotopic (exact) mass is 304 g/mol. The third kappa shape index (κ3) is 4.72. The second kappa shape index (κ2) is 6.10. The third-order valence-corrected chi connectivity index (χ3v) is 2.75. The number of nitrogens with one attached hydrogen (secondary N) is 2. The molecule has 0 aliphatic carbocycles. The van der Waals surface area contributed by atoms with Gasteiger partial charge in [-0.2, -0.15) is 0 Å². The number of hydrogen-bond acceptors (Lipinski definition) is 4. The molecule has 0 aliphatic rings. The lowest BCUT2D eigenvalue weighted by Gasteiger charge is -2.20. The zero-order chi connectivity index (χ0) is 15.5. The predicted molar refractivity (Wildman–Crippen MR) is 84.8 cm³/mol. The Morgan fingerprint density at radius 3 is 2.19 bits per heavy atom. The van der Waals surface area contributed by atoms with Crippen LogP contribution in [0.4, 0.5) is 11.6 Å². The first kappa shape index (κ1) is 15.3. The largest absolute Gasteiger partial charge is 0.350 e. The number of nitrogens with zero attached hydrogens (tertiary/aromatic N) is 2. The Morgan fingerprint density at radius 2 is 1.67 bits per heavy atom. The minimum absolute atomic E-state index is 0.132. The fourth-order valence-corrected chi connectivity index (χ4v) is 1.71. The van der Waals surface area contributed by atoms with Crippen molar-refractivity contribution in [3.63, 3.8) is 0 Å². The molecule has 0 aliphatic heterocycles. The highest BCUT2D eigenvalue weighted by atomic mass is 35.5. The van der Waals surface area contributed by atoms with Gasteiger partial charge < -0.3 is 10.6 Å². The van der Waals surface area contributed by atoms with Gasteiger partial charge in [-0.1, -0.05) is 11.6 Å². The van der Waals surface area contributed by atoms with E-state index < -0.39 is 0 Å². The maximum Gasteiger partial charge on any atom is 0.258 e. The van der Waals surface area contributed by atoms with Crippen LogP contribution in [0.2, 0.25) is 5.02 Å². The molecule has 2 rings (SSSR count). The molecule has 0 unspecified atom stereocenters. The first-order chi connectivity index (χ1) is 9.83. The van der Waals surface area contributed by atoms with Crippen molar-refractivity contribution in [3.05, 3.63) is 47.2 Å². The molecule has 110 valence electrons. The number of halogens is 1. The topological polar surface area (TPSA) is 66.9 Å². The molecule has 0 saturated heterocycles. The summed E-state index contributed by atoms with van der Waals surface area (Å²) >= 11 is 5.80. The summed E-state index contributed by atoms with van der Waals surface area (Å²) in [7, 11) is 0. The van der Waals surface area contributed by atoms with Crippen LogP contribution in [-0.2, 0) is 0 Å². The number of carbonyl (C=O) groups excluding carboxylic acids is 1. The van der Waals surface area contributed by atoms with E-state index in [1.165, 1.54) is 12.4 Å². The highest BCUT2D eigenvalue weighted by Gasteiger charge is 2.12. The number of carbonyl (C=O) groups is 1. The van der Waals surface area contributed by atoms with E-state index in [4.69, 9.17) is 11.6 Å². The number of amides is 1. The summed E-state index contributed by atoms with van der Waals surface area (Å²) in [6.45, 7) is 6.03. The highest BCUT2D eigenvalue weighted by molar-refractivity contribution is 6.30. The van der Waals surface area contributed by atoms with Gasteiger partial charge in [-0.3, -0.25) is 4.79 Å². The molecule has 0 atom stereocenters. The van der Waals surface area contributed by atoms with Gasteiger partial charge in [0.1, 0.15) is 0 Å². The Labute approximate surface area is 128 Å². The summed E-state index contributed by atoms with van der Waals surface area (Å²) in [6, 6.07) is 6.89. The molecule has 0 bridgehead atoms. The van der Waals surface area contributed by atoms with Crippen LogP contribution in [0.25, 0.3) is 0 Å². The normalized spacial score (nSPS) is 11.0. The van der Waals surface area contributed by atoms with Gasteiger partial charge in [-0.25, -0.2) is 9.97 Å². The van der Waals surface area contributed by atoms with Gasteiger partial charge in [0.2, 0.25) is 5.95 Å². The van der Waals surface area contributed by atoms with Crippen molar-refractivity contribution < 1.29 is 4.79 Å². The molecule has 2 N–H and O–H groups in total. The van der Waals surface area contributed by atoms with Crippen molar-refractivity contribution in [1.29, 1.82) is 0 Å². The molecule has 1 aromatic heterocycles. The van der Waals surface area contributed by atoms with Crippen LogP contribution in [0.1, 0.15) is 31.1 Å². The molecular weight excluding hydrogens is 288 g/mol. The Hall–Kier alpha value is -2.14. The standard InChI is InChI=1S/C15H17ClN4O/c1-15(2,3)20-14-17-8-10(9-18-14)13(21)19-12-6-4-11(16)5-7-12/h4-9H,1-3H3,(H,19,21)(H,17,18,20). The maximum absolute atomic E-state index is 12.1. The highest BCUT2D eigenvalue weighted by Crippen LogP contribution is 2.15. The zero-order valence-electron chi connectivity index (χ0n) is 12.1. The molecule has 0 spiro atoms. The van der Waals surface area contributed by atoms with Crippen molar-refractivity contribution >= 4 is 29.1 Å². The van der Waals surface area contributed by atoms with Crippen LogP contribution >= 0.6 is 11.6 Å². The predicted octanol–water partition coefficient (Wildman–Crippen LogP) is 3.59. The lowest BCUT2D eigenvalue weighted by atomic mass is 10.1. The second-order valence-electron chi connectivity index (χ2n) is 5.63.